The molecule has 1 aromatic rings. The Bertz CT molecular complexity index is 357. The number of aromatic nitrogens is 3. The largest absolute Gasteiger partial charge is 0.309 e. The maximum atomic E-state index is 5.93. The van der Waals surface area contributed by atoms with Crippen LogP contribution in [0.3, 0.4) is 0 Å². The zero-order valence-electron chi connectivity index (χ0n) is 10.7. The zero-order chi connectivity index (χ0) is 12.3. The second-order valence-corrected chi connectivity index (χ2v) is 5.33. The van der Waals surface area contributed by atoms with Crippen molar-refractivity contribution >= 4 is 11.6 Å². The van der Waals surface area contributed by atoms with E-state index in [0.29, 0.717) is 11.8 Å². The van der Waals surface area contributed by atoms with Crippen molar-refractivity contribution in [3.05, 3.63) is 11.4 Å². The Balaban J connectivity index is 2.02. The Morgan fingerprint density at radius 3 is 2.71 bits per heavy atom. The van der Waals surface area contributed by atoms with Crippen LogP contribution in [0.4, 0.5) is 0 Å². The van der Waals surface area contributed by atoms with Gasteiger partial charge in [-0.15, -0.1) is 16.7 Å². The van der Waals surface area contributed by atoms with Gasteiger partial charge in [-0.25, -0.2) is 4.68 Å². The highest BCUT2D eigenvalue weighted by atomic mass is 35.5. The molecule has 0 bridgehead atoms. The summed E-state index contributed by atoms with van der Waals surface area (Å²) >= 11 is 5.93. The number of rotatable bonds is 6. The highest BCUT2D eigenvalue weighted by Crippen LogP contribution is 2.37. The molecular formula is C12H21ClN4. The number of nitrogens with zero attached hydrogens (tertiary/aromatic N) is 4. The lowest BCUT2D eigenvalue weighted by atomic mass is 9.82. The molecular weight excluding hydrogens is 236 g/mol. The summed E-state index contributed by atoms with van der Waals surface area (Å²) in [6.45, 7) is 2.04. The molecule has 0 atom stereocenters. The number of hydrogen-bond donors (Lipinski definition) is 0. The normalized spacial score (nSPS) is 16.5. The average molecular weight is 257 g/mol. The van der Waals surface area contributed by atoms with E-state index in [9.17, 15) is 0 Å². The van der Waals surface area contributed by atoms with Crippen LogP contribution in [-0.4, -0.2) is 40.5 Å². The number of halogens is 1. The summed E-state index contributed by atoms with van der Waals surface area (Å²) in [6.07, 6.45) is 4.98. The lowest BCUT2D eigenvalue weighted by molar-refractivity contribution is 0.356. The lowest BCUT2D eigenvalue weighted by Gasteiger charge is -2.26. The fourth-order valence-electron chi connectivity index (χ4n) is 2.28. The molecule has 17 heavy (non-hydrogen) atoms. The molecule has 1 aliphatic carbocycles. The van der Waals surface area contributed by atoms with Crippen molar-refractivity contribution in [2.75, 3.05) is 20.6 Å². The van der Waals surface area contributed by atoms with Crippen molar-refractivity contribution in [2.24, 2.45) is 0 Å². The summed E-state index contributed by atoms with van der Waals surface area (Å²) in [5.74, 6) is 1.14. The second-order valence-electron chi connectivity index (χ2n) is 5.06. The summed E-state index contributed by atoms with van der Waals surface area (Å²) < 4.78 is 2.07. The second kappa shape index (κ2) is 5.83. The van der Waals surface area contributed by atoms with E-state index in [1.54, 1.807) is 0 Å². The molecule has 2 rings (SSSR count). The Kier molecular flexibility index (Phi) is 4.40. The molecule has 1 heterocycles. The molecule has 1 fully saturated rings. The molecule has 0 N–H and O–H groups in total. The first-order valence-electron chi connectivity index (χ1n) is 6.35. The fraction of sp³-hybridized carbons (Fsp3) is 0.833. The molecule has 5 heteroatoms. The van der Waals surface area contributed by atoms with E-state index in [0.717, 1.165) is 25.2 Å². The van der Waals surface area contributed by atoms with Crippen molar-refractivity contribution in [1.82, 2.24) is 19.9 Å². The van der Waals surface area contributed by atoms with Crippen LogP contribution in [0.1, 0.15) is 43.0 Å². The Morgan fingerprint density at radius 2 is 2.18 bits per heavy atom. The lowest BCUT2D eigenvalue weighted by Crippen LogP contribution is -2.19. The summed E-state index contributed by atoms with van der Waals surface area (Å²) in [4.78, 5) is 2.20. The molecule has 0 saturated heterocycles. The molecule has 96 valence electrons. The maximum absolute atomic E-state index is 5.93. The Morgan fingerprint density at radius 1 is 1.41 bits per heavy atom. The van der Waals surface area contributed by atoms with Crippen LogP contribution in [0.15, 0.2) is 0 Å². The van der Waals surface area contributed by atoms with Crippen molar-refractivity contribution in [1.29, 1.82) is 0 Å². The third-order valence-corrected chi connectivity index (χ3v) is 3.69. The first-order chi connectivity index (χ1) is 8.22. The van der Waals surface area contributed by atoms with Crippen LogP contribution in [0.25, 0.3) is 0 Å². The van der Waals surface area contributed by atoms with E-state index in [1.807, 2.05) is 0 Å². The van der Waals surface area contributed by atoms with Gasteiger partial charge in [0.25, 0.3) is 0 Å². The van der Waals surface area contributed by atoms with Gasteiger partial charge in [-0.3, -0.25) is 0 Å². The molecule has 0 amide bonds. The Labute approximate surface area is 108 Å². The molecule has 0 aliphatic heterocycles. The van der Waals surface area contributed by atoms with Crippen molar-refractivity contribution in [2.45, 2.75) is 44.0 Å². The molecule has 1 aromatic heterocycles. The van der Waals surface area contributed by atoms with Gasteiger partial charge in [0.2, 0.25) is 0 Å². The van der Waals surface area contributed by atoms with Gasteiger partial charge in [-0.2, -0.15) is 0 Å². The van der Waals surface area contributed by atoms with E-state index < -0.39 is 0 Å². The van der Waals surface area contributed by atoms with Gasteiger partial charge >= 0.3 is 0 Å². The van der Waals surface area contributed by atoms with E-state index in [2.05, 4.69) is 34.0 Å². The van der Waals surface area contributed by atoms with Crippen LogP contribution in [0.5, 0.6) is 0 Å². The predicted octanol–water partition coefficient (Wildman–Crippen LogP) is 2.24. The van der Waals surface area contributed by atoms with Gasteiger partial charge in [-0.1, -0.05) is 11.6 Å². The third kappa shape index (κ3) is 2.99. The minimum absolute atomic E-state index is 0.486. The van der Waals surface area contributed by atoms with Crippen molar-refractivity contribution in [3.8, 4) is 0 Å². The van der Waals surface area contributed by atoms with E-state index >= 15 is 0 Å². The van der Waals surface area contributed by atoms with Gasteiger partial charge in [0.1, 0.15) is 5.69 Å². The van der Waals surface area contributed by atoms with Crippen LogP contribution < -0.4 is 0 Å². The molecule has 0 radical (unpaired) electrons. The number of aryl methyl sites for hydroxylation is 1. The van der Waals surface area contributed by atoms with Gasteiger partial charge < -0.3 is 4.90 Å². The van der Waals surface area contributed by atoms with Crippen LogP contribution >= 0.6 is 11.6 Å². The number of hydrogen-bond acceptors (Lipinski definition) is 3. The highest BCUT2D eigenvalue weighted by Gasteiger charge is 2.27. The minimum atomic E-state index is 0.486. The molecule has 0 spiro atoms. The summed E-state index contributed by atoms with van der Waals surface area (Å²) in [5.41, 5.74) is 2.28. The quantitative estimate of drug-likeness (QED) is 0.732. The SMILES string of the molecule is CN(C)CCCn1nnc(CCl)c1C1CCC1. The molecule has 4 nitrogen and oxygen atoms in total. The van der Waals surface area contributed by atoms with Gasteiger partial charge in [0.05, 0.1) is 11.6 Å². The third-order valence-electron chi connectivity index (χ3n) is 3.44. The molecule has 0 aromatic carbocycles. The van der Waals surface area contributed by atoms with Gasteiger partial charge in [-0.05, 0) is 39.9 Å². The Hall–Kier alpha value is -0.610. The van der Waals surface area contributed by atoms with Gasteiger partial charge in [0.15, 0.2) is 0 Å². The summed E-state index contributed by atoms with van der Waals surface area (Å²) in [7, 11) is 4.19. The highest BCUT2D eigenvalue weighted by molar-refractivity contribution is 6.16. The van der Waals surface area contributed by atoms with Crippen LogP contribution in [0, 0.1) is 0 Å². The first kappa shape index (κ1) is 12.8. The van der Waals surface area contributed by atoms with E-state index in [-0.39, 0.29) is 0 Å². The molecule has 1 aliphatic rings. The average Bonchev–Trinajstić information content (AvgIpc) is 2.59. The van der Waals surface area contributed by atoms with Crippen molar-refractivity contribution in [3.63, 3.8) is 0 Å². The smallest absolute Gasteiger partial charge is 0.101 e. The first-order valence-corrected chi connectivity index (χ1v) is 6.88. The summed E-state index contributed by atoms with van der Waals surface area (Å²) in [5, 5.41) is 8.45. The van der Waals surface area contributed by atoms with Crippen LogP contribution in [-0.2, 0) is 12.4 Å². The van der Waals surface area contributed by atoms with Crippen molar-refractivity contribution < 1.29 is 0 Å². The molecule has 1 saturated carbocycles. The summed E-state index contributed by atoms with van der Waals surface area (Å²) in [6, 6.07) is 0. The van der Waals surface area contributed by atoms with Gasteiger partial charge in [0, 0.05) is 12.5 Å². The standard InChI is InChI=1S/C12H21ClN4/c1-16(2)7-4-8-17-12(10-5-3-6-10)11(9-13)14-15-17/h10H,3-9H2,1-2H3. The monoisotopic (exact) mass is 256 g/mol. The van der Waals surface area contributed by atoms with E-state index in [1.165, 1.54) is 25.0 Å². The topological polar surface area (TPSA) is 34.0 Å². The van der Waals surface area contributed by atoms with E-state index in [4.69, 9.17) is 11.6 Å². The predicted molar refractivity (Wildman–Crippen MR) is 69.3 cm³/mol. The number of alkyl halides is 1. The fourth-order valence-corrected chi connectivity index (χ4v) is 2.47. The maximum Gasteiger partial charge on any atom is 0.101 e. The van der Waals surface area contributed by atoms with Crippen LogP contribution in [0.2, 0.25) is 0 Å². The zero-order valence-corrected chi connectivity index (χ0v) is 11.4. The molecule has 0 unspecified atom stereocenters. The minimum Gasteiger partial charge on any atom is -0.309 e.